The Morgan fingerprint density at radius 3 is 2.61 bits per heavy atom. The van der Waals surface area contributed by atoms with Gasteiger partial charge in [-0.2, -0.15) is 0 Å². The van der Waals surface area contributed by atoms with Gasteiger partial charge in [0.25, 0.3) is 0 Å². The second-order valence-electron chi connectivity index (χ2n) is 4.38. The summed E-state index contributed by atoms with van der Waals surface area (Å²) in [6.45, 7) is 2.12. The van der Waals surface area contributed by atoms with E-state index in [1.54, 1.807) is 0 Å². The molecule has 1 atom stereocenters. The zero-order valence-electron chi connectivity index (χ0n) is 10.2. The van der Waals surface area contributed by atoms with Crippen molar-refractivity contribution in [2.75, 3.05) is 0 Å². The molecule has 0 saturated heterocycles. The molecule has 0 fully saturated rings. The second-order valence-corrected chi connectivity index (χ2v) is 6.31. The number of nitrogens with two attached hydrogens (primary N) is 1. The molecule has 0 heterocycles. The van der Waals surface area contributed by atoms with Crippen molar-refractivity contribution in [2.24, 2.45) is 5.73 Å². The highest BCUT2D eigenvalue weighted by molar-refractivity contribution is 14.1. The summed E-state index contributed by atoms with van der Waals surface area (Å²) in [4.78, 5) is 0. The van der Waals surface area contributed by atoms with Gasteiger partial charge in [-0.25, -0.2) is 0 Å². The Labute approximate surface area is 130 Å². The molecule has 0 amide bonds. The van der Waals surface area contributed by atoms with Crippen molar-refractivity contribution in [3.63, 3.8) is 0 Å². The number of hydrogen-bond donors (Lipinski definition) is 1. The molecule has 1 unspecified atom stereocenters. The highest BCUT2D eigenvalue weighted by atomic mass is 127. The first-order chi connectivity index (χ1) is 8.59. The van der Waals surface area contributed by atoms with Crippen LogP contribution in [0.4, 0.5) is 0 Å². The van der Waals surface area contributed by atoms with Crippen LogP contribution in [0.2, 0.25) is 0 Å². The standard InChI is InChI=1S/C15H15BrIN/c1-10-5-4-7-12(15(10)17)14(18)9-11-6-2-3-8-13(11)16/h2-8,14H,9,18H2,1H3. The Bertz CT molecular complexity index is 554. The predicted octanol–water partition coefficient (Wildman–Crippen LogP) is 4.60. The largest absolute Gasteiger partial charge is 0.324 e. The first-order valence-electron chi connectivity index (χ1n) is 5.83. The highest BCUT2D eigenvalue weighted by Gasteiger charge is 2.12. The molecule has 1 nitrogen and oxygen atoms in total. The fourth-order valence-corrected chi connectivity index (χ4v) is 3.17. The van der Waals surface area contributed by atoms with Crippen LogP contribution in [0.5, 0.6) is 0 Å². The lowest BCUT2D eigenvalue weighted by molar-refractivity contribution is 0.715. The molecule has 18 heavy (non-hydrogen) atoms. The summed E-state index contributed by atoms with van der Waals surface area (Å²) < 4.78 is 2.40. The fraction of sp³-hybridized carbons (Fsp3) is 0.200. The van der Waals surface area contributed by atoms with Crippen LogP contribution in [0.3, 0.4) is 0 Å². The van der Waals surface area contributed by atoms with E-state index in [1.165, 1.54) is 20.3 Å². The maximum atomic E-state index is 6.34. The molecule has 2 aromatic carbocycles. The quantitative estimate of drug-likeness (QED) is 0.728. The summed E-state index contributed by atoms with van der Waals surface area (Å²) in [5.41, 5.74) is 10.1. The lowest BCUT2D eigenvalue weighted by atomic mass is 9.98. The lowest BCUT2D eigenvalue weighted by Crippen LogP contribution is -2.15. The van der Waals surface area contributed by atoms with E-state index in [-0.39, 0.29) is 6.04 Å². The minimum Gasteiger partial charge on any atom is -0.324 e. The van der Waals surface area contributed by atoms with Gasteiger partial charge < -0.3 is 5.73 Å². The van der Waals surface area contributed by atoms with E-state index in [1.807, 2.05) is 12.1 Å². The van der Waals surface area contributed by atoms with Crippen molar-refractivity contribution >= 4 is 38.5 Å². The van der Waals surface area contributed by atoms with Crippen LogP contribution in [0, 0.1) is 10.5 Å². The monoisotopic (exact) mass is 415 g/mol. The molecular formula is C15H15BrIN. The van der Waals surface area contributed by atoms with Crippen LogP contribution >= 0.6 is 38.5 Å². The molecule has 0 saturated carbocycles. The van der Waals surface area contributed by atoms with E-state index in [9.17, 15) is 0 Å². The van der Waals surface area contributed by atoms with Gasteiger partial charge in [-0.3, -0.25) is 0 Å². The first-order valence-corrected chi connectivity index (χ1v) is 7.70. The average molecular weight is 416 g/mol. The fourth-order valence-electron chi connectivity index (χ4n) is 1.97. The van der Waals surface area contributed by atoms with E-state index in [0.717, 1.165) is 10.9 Å². The first kappa shape index (κ1) is 14.0. The predicted molar refractivity (Wildman–Crippen MR) is 88.7 cm³/mol. The summed E-state index contributed by atoms with van der Waals surface area (Å²) >= 11 is 5.95. The normalized spacial score (nSPS) is 12.4. The van der Waals surface area contributed by atoms with Gasteiger partial charge in [0.2, 0.25) is 0 Å². The molecule has 0 aliphatic heterocycles. The minimum absolute atomic E-state index is 0.0375. The molecule has 94 valence electrons. The maximum absolute atomic E-state index is 6.34. The van der Waals surface area contributed by atoms with Crippen molar-refractivity contribution in [3.8, 4) is 0 Å². The van der Waals surface area contributed by atoms with E-state index >= 15 is 0 Å². The molecule has 0 spiro atoms. The van der Waals surface area contributed by atoms with E-state index < -0.39 is 0 Å². The smallest absolute Gasteiger partial charge is 0.0346 e. The third kappa shape index (κ3) is 3.13. The molecule has 0 aromatic heterocycles. The Balaban J connectivity index is 2.25. The SMILES string of the molecule is Cc1cccc(C(N)Cc2ccccc2Br)c1I. The van der Waals surface area contributed by atoms with Crippen molar-refractivity contribution < 1.29 is 0 Å². The summed E-state index contributed by atoms with van der Waals surface area (Å²) in [5.74, 6) is 0. The van der Waals surface area contributed by atoms with E-state index in [4.69, 9.17) is 5.73 Å². The highest BCUT2D eigenvalue weighted by Crippen LogP contribution is 2.26. The lowest BCUT2D eigenvalue weighted by Gasteiger charge is -2.16. The van der Waals surface area contributed by atoms with Gasteiger partial charge in [0.1, 0.15) is 0 Å². The Kier molecular flexibility index (Phi) is 4.81. The second kappa shape index (κ2) is 6.17. The zero-order valence-corrected chi connectivity index (χ0v) is 13.9. The van der Waals surface area contributed by atoms with Crippen LogP contribution in [0.25, 0.3) is 0 Å². The van der Waals surface area contributed by atoms with Crippen LogP contribution in [-0.4, -0.2) is 0 Å². The summed E-state index contributed by atoms with van der Waals surface area (Å²) in [5, 5.41) is 0. The molecule has 2 rings (SSSR count). The summed E-state index contributed by atoms with van der Waals surface area (Å²) in [6.07, 6.45) is 0.848. The topological polar surface area (TPSA) is 26.0 Å². The molecule has 2 aromatic rings. The van der Waals surface area contributed by atoms with Crippen LogP contribution in [0.15, 0.2) is 46.9 Å². The number of hydrogen-bond acceptors (Lipinski definition) is 1. The maximum Gasteiger partial charge on any atom is 0.0346 e. The minimum atomic E-state index is 0.0375. The Morgan fingerprint density at radius 2 is 1.89 bits per heavy atom. The molecule has 3 heteroatoms. The Morgan fingerprint density at radius 1 is 1.17 bits per heavy atom. The molecule has 0 bridgehead atoms. The van der Waals surface area contributed by atoms with Gasteiger partial charge in [0, 0.05) is 14.1 Å². The molecular weight excluding hydrogens is 401 g/mol. The van der Waals surface area contributed by atoms with E-state index in [2.05, 4.69) is 75.8 Å². The number of rotatable bonds is 3. The third-order valence-corrected chi connectivity index (χ3v) is 5.27. The summed E-state index contributed by atoms with van der Waals surface area (Å²) in [6, 6.07) is 14.6. The van der Waals surface area contributed by atoms with Crippen molar-refractivity contribution in [2.45, 2.75) is 19.4 Å². The molecule has 0 aliphatic carbocycles. The van der Waals surface area contributed by atoms with Gasteiger partial charge in [0.05, 0.1) is 0 Å². The number of benzene rings is 2. The van der Waals surface area contributed by atoms with Crippen molar-refractivity contribution in [1.29, 1.82) is 0 Å². The van der Waals surface area contributed by atoms with Gasteiger partial charge in [-0.15, -0.1) is 0 Å². The van der Waals surface area contributed by atoms with Gasteiger partial charge >= 0.3 is 0 Å². The van der Waals surface area contributed by atoms with Crippen molar-refractivity contribution in [3.05, 3.63) is 67.2 Å². The Hall–Kier alpha value is -0.390. The third-order valence-electron chi connectivity index (χ3n) is 3.02. The van der Waals surface area contributed by atoms with E-state index in [0.29, 0.717) is 0 Å². The summed E-state index contributed by atoms with van der Waals surface area (Å²) in [7, 11) is 0. The molecule has 0 aliphatic rings. The van der Waals surface area contributed by atoms with Gasteiger partial charge in [0.15, 0.2) is 0 Å². The van der Waals surface area contributed by atoms with Crippen LogP contribution in [-0.2, 0) is 6.42 Å². The number of halogens is 2. The average Bonchev–Trinajstić information content (AvgIpc) is 2.35. The van der Waals surface area contributed by atoms with Crippen molar-refractivity contribution in [1.82, 2.24) is 0 Å². The molecule has 2 N–H and O–H groups in total. The van der Waals surface area contributed by atoms with Crippen LogP contribution in [0.1, 0.15) is 22.7 Å². The number of aryl methyl sites for hydroxylation is 1. The van der Waals surface area contributed by atoms with Gasteiger partial charge in [-0.05, 0) is 58.7 Å². The molecule has 0 radical (unpaired) electrons. The van der Waals surface area contributed by atoms with Gasteiger partial charge in [-0.1, -0.05) is 52.3 Å². The van der Waals surface area contributed by atoms with Crippen LogP contribution < -0.4 is 5.73 Å². The zero-order chi connectivity index (χ0) is 13.1.